The molecule has 0 radical (unpaired) electrons. The highest BCUT2D eigenvalue weighted by Crippen LogP contribution is 2.27. The Bertz CT molecular complexity index is 1150. The van der Waals surface area contributed by atoms with Gasteiger partial charge in [0.15, 0.2) is 18.2 Å². The van der Waals surface area contributed by atoms with Gasteiger partial charge in [-0.15, -0.1) is 0 Å². The van der Waals surface area contributed by atoms with E-state index < -0.39 is 18.0 Å². The van der Waals surface area contributed by atoms with Gasteiger partial charge in [0.2, 0.25) is 5.95 Å². The van der Waals surface area contributed by atoms with Crippen LogP contribution in [0, 0.1) is 5.82 Å². The van der Waals surface area contributed by atoms with Crippen LogP contribution in [0.2, 0.25) is 0 Å². The summed E-state index contributed by atoms with van der Waals surface area (Å²) >= 11 is 0. The Morgan fingerprint density at radius 1 is 1.11 bits per heavy atom. The largest absolute Gasteiger partial charge is 0.484 e. The number of hydrogen-bond acceptors (Lipinski definition) is 8. The van der Waals surface area contributed by atoms with E-state index in [2.05, 4.69) is 46.7 Å². The van der Waals surface area contributed by atoms with Crippen molar-refractivity contribution in [2.45, 2.75) is 38.8 Å². The van der Waals surface area contributed by atoms with Crippen molar-refractivity contribution in [3.8, 4) is 5.75 Å². The second kappa shape index (κ2) is 11.6. The molecule has 0 saturated carbocycles. The van der Waals surface area contributed by atoms with Crippen LogP contribution in [0.15, 0.2) is 54.7 Å². The van der Waals surface area contributed by atoms with Crippen LogP contribution in [0.4, 0.5) is 27.5 Å². The molecule has 0 aliphatic heterocycles. The van der Waals surface area contributed by atoms with Gasteiger partial charge >= 0.3 is 0 Å². The Labute approximate surface area is 203 Å². The van der Waals surface area contributed by atoms with Crippen LogP contribution in [-0.2, 0) is 10.2 Å². The lowest BCUT2D eigenvalue weighted by molar-refractivity contribution is -0.126. The first-order chi connectivity index (χ1) is 16.6. The number of ether oxygens (including phenoxy) is 1. The second-order valence-corrected chi connectivity index (χ2v) is 8.88. The Morgan fingerprint density at radius 3 is 2.54 bits per heavy atom. The van der Waals surface area contributed by atoms with Crippen molar-refractivity contribution in [1.82, 2.24) is 15.3 Å². The molecule has 0 bridgehead atoms. The number of aliphatic hydroxyl groups excluding tert-OH is 2. The van der Waals surface area contributed by atoms with Gasteiger partial charge < -0.3 is 30.9 Å². The number of aromatic nitrogens is 2. The van der Waals surface area contributed by atoms with Crippen LogP contribution < -0.4 is 20.7 Å². The van der Waals surface area contributed by atoms with Crippen LogP contribution in [0.25, 0.3) is 0 Å². The molecule has 1 aromatic heterocycles. The fourth-order valence-corrected chi connectivity index (χ4v) is 3.08. The third-order valence-corrected chi connectivity index (χ3v) is 4.93. The highest BCUT2D eigenvalue weighted by Gasteiger charge is 2.15. The van der Waals surface area contributed by atoms with Crippen molar-refractivity contribution in [2.75, 3.05) is 23.8 Å². The summed E-state index contributed by atoms with van der Waals surface area (Å²) in [5, 5.41) is 26.6. The number of nitrogens with zero attached hydrogens (tertiary/aromatic N) is 2. The Balaban J connectivity index is 1.66. The van der Waals surface area contributed by atoms with E-state index in [9.17, 15) is 14.3 Å². The molecule has 0 spiro atoms. The van der Waals surface area contributed by atoms with Gasteiger partial charge in [0.1, 0.15) is 12.0 Å². The van der Waals surface area contributed by atoms with Crippen molar-refractivity contribution in [2.24, 2.45) is 0 Å². The normalized spacial score (nSPS) is 12.1. The van der Waals surface area contributed by atoms with Crippen molar-refractivity contribution in [3.05, 3.63) is 66.1 Å². The molecule has 0 aliphatic carbocycles. The molecule has 1 heterocycles. The third-order valence-electron chi connectivity index (χ3n) is 4.93. The average molecular weight is 484 g/mol. The van der Waals surface area contributed by atoms with E-state index in [1.54, 1.807) is 24.3 Å². The van der Waals surface area contributed by atoms with Gasteiger partial charge in [0.25, 0.3) is 5.91 Å². The third kappa shape index (κ3) is 7.90. The SMILES string of the molecule is CC(C)(C)c1cccc(Nc2nc(Nc3cccc(OCC(=O)NC(O)CCO)c3)ncc2F)c1. The number of benzene rings is 2. The first kappa shape index (κ1) is 25.9. The summed E-state index contributed by atoms with van der Waals surface area (Å²) in [5.74, 6) is -0.538. The van der Waals surface area contributed by atoms with E-state index in [1.165, 1.54) is 0 Å². The van der Waals surface area contributed by atoms with E-state index in [4.69, 9.17) is 9.84 Å². The predicted octanol–water partition coefficient (Wildman–Crippen LogP) is 3.60. The van der Waals surface area contributed by atoms with Crippen molar-refractivity contribution >= 4 is 29.0 Å². The first-order valence-corrected chi connectivity index (χ1v) is 11.1. The number of carbonyl (C=O) groups excluding carboxylic acids is 1. The maximum atomic E-state index is 14.4. The summed E-state index contributed by atoms with van der Waals surface area (Å²) < 4.78 is 19.8. The fourth-order valence-electron chi connectivity index (χ4n) is 3.08. The highest BCUT2D eigenvalue weighted by atomic mass is 19.1. The average Bonchev–Trinajstić information content (AvgIpc) is 2.80. The second-order valence-electron chi connectivity index (χ2n) is 8.88. The summed E-state index contributed by atoms with van der Waals surface area (Å²) in [5.41, 5.74) is 2.32. The molecule has 186 valence electrons. The number of amides is 1. The molecule has 0 saturated heterocycles. The Morgan fingerprint density at radius 2 is 1.83 bits per heavy atom. The van der Waals surface area contributed by atoms with Gasteiger partial charge in [-0.3, -0.25) is 4.79 Å². The fraction of sp³-hybridized carbons (Fsp3) is 0.320. The molecular weight excluding hydrogens is 453 g/mol. The van der Waals surface area contributed by atoms with Gasteiger partial charge in [-0.05, 0) is 35.2 Å². The van der Waals surface area contributed by atoms with E-state index in [-0.39, 0.29) is 36.8 Å². The van der Waals surface area contributed by atoms with E-state index in [1.807, 2.05) is 24.3 Å². The van der Waals surface area contributed by atoms with Gasteiger partial charge in [-0.25, -0.2) is 9.37 Å². The van der Waals surface area contributed by atoms with Crippen LogP contribution in [0.3, 0.4) is 0 Å². The van der Waals surface area contributed by atoms with Crippen LogP contribution in [0.1, 0.15) is 32.8 Å². The summed E-state index contributed by atoms with van der Waals surface area (Å²) in [6.07, 6.45) is -0.0338. The minimum absolute atomic E-state index is 0.0269. The molecule has 35 heavy (non-hydrogen) atoms. The van der Waals surface area contributed by atoms with Gasteiger partial charge in [-0.1, -0.05) is 39.0 Å². The standard InChI is InChI=1S/C25H30FN5O4/c1-25(2,3)16-6-4-7-17(12-16)28-23-20(26)14-27-24(31-23)29-18-8-5-9-19(13-18)35-15-22(34)30-21(33)10-11-32/h4-9,12-14,21,32-33H,10-11,15H2,1-3H3,(H,30,34)(H2,27,28,29,31). The molecule has 1 atom stereocenters. The summed E-state index contributed by atoms with van der Waals surface area (Å²) in [6, 6.07) is 14.4. The zero-order valence-corrected chi connectivity index (χ0v) is 19.9. The van der Waals surface area contributed by atoms with Crippen molar-refractivity contribution in [1.29, 1.82) is 0 Å². The molecule has 2 aromatic carbocycles. The quantitative estimate of drug-likeness (QED) is 0.277. The van der Waals surface area contributed by atoms with Gasteiger partial charge in [0, 0.05) is 30.5 Å². The van der Waals surface area contributed by atoms with E-state index >= 15 is 0 Å². The van der Waals surface area contributed by atoms with E-state index in [0.29, 0.717) is 17.1 Å². The molecule has 0 fully saturated rings. The van der Waals surface area contributed by atoms with Gasteiger partial charge in [0.05, 0.1) is 6.20 Å². The van der Waals surface area contributed by atoms with E-state index in [0.717, 1.165) is 11.8 Å². The molecule has 10 heteroatoms. The maximum Gasteiger partial charge on any atom is 0.259 e. The number of halogens is 1. The maximum absolute atomic E-state index is 14.4. The minimum atomic E-state index is -1.14. The Kier molecular flexibility index (Phi) is 8.56. The predicted molar refractivity (Wildman–Crippen MR) is 131 cm³/mol. The number of nitrogens with one attached hydrogen (secondary N) is 3. The molecule has 0 aliphatic rings. The molecule has 5 N–H and O–H groups in total. The highest BCUT2D eigenvalue weighted by molar-refractivity contribution is 5.77. The smallest absolute Gasteiger partial charge is 0.259 e. The van der Waals surface area contributed by atoms with Gasteiger partial charge in [-0.2, -0.15) is 4.98 Å². The van der Waals surface area contributed by atoms with Crippen molar-refractivity contribution in [3.63, 3.8) is 0 Å². The van der Waals surface area contributed by atoms with Crippen LogP contribution in [0.5, 0.6) is 5.75 Å². The summed E-state index contributed by atoms with van der Waals surface area (Å²) in [6.45, 7) is 5.74. The first-order valence-electron chi connectivity index (χ1n) is 11.1. The van der Waals surface area contributed by atoms with Crippen LogP contribution >= 0.6 is 0 Å². The molecular formula is C25H30FN5O4. The zero-order chi connectivity index (χ0) is 25.4. The molecule has 1 amide bonds. The molecule has 3 rings (SSSR count). The summed E-state index contributed by atoms with van der Waals surface area (Å²) in [7, 11) is 0. The van der Waals surface area contributed by atoms with Crippen molar-refractivity contribution < 1.29 is 24.1 Å². The lowest BCUT2D eigenvalue weighted by Gasteiger charge is -2.20. The Hall–Kier alpha value is -3.76. The topological polar surface area (TPSA) is 129 Å². The molecule has 9 nitrogen and oxygen atoms in total. The number of anilines is 4. The number of aliphatic hydroxyl groups is 2. The monoisotopic (exact) mass is 483 g/mol. The number of rotatable bonds is 10. The zero-order valence-electron chi connectivity index (χ0n) is 19.9. The minimum Gasteiger partial charge on any atom is -0.484 e. The molecule has 3 aromatic rings. The number of carbonyl (C=O) groups is 1. The summed E-state index contributed by atoms with van der Waals surface area (Å²) in [4.78, 5) is 20.1. The van der Waals surface area contributed by atoms with Crippen LogP contribution in [-0.4, -0.2) is 45.5 Å². The lowest BCUT2D eigenvalue weighted by Crippen LogP contribution is -2.38. The number of hydrogen-bond donors (Lipinski definition) is 5. The molecule has 1 unspecified atom stereocenters. The lowest BCUT2D eigenvalue weighted by atomic mass is 9.87.